The van der Waals surface area contributed by atoms with Crippen molar-refractivity contribution in [3.05, 3.63) is 69.5 Å². The number of aromatic nitrogens is 1. The number of fused-ring (bicyclic) bond motifs is 1. The van der Waals surface area contributed by atoms with Gasteiger partial charge < -0.3 is 9.72 Å². The number of H-pyrrole nitrogens is 1. The number of hydrogen-bond donors (Lipinski definition) is 1. The summed E-state index contributed by atoms with van der Waals surface area (Å²) in [5.74, 6) is -0.287. The minimum atomic E-state index is -0.430. The van der Waals surface area contributed by atoms with Crippen LogP contribution >= 0.6 is 11.6 Å². The van der Waals surface area contributed by atoms with Gasteiger partial charge in [-0.25, -0.2) is 4.79 Å². The summed E-state index contributed by atoms with van der Waals surface area (Å²) in [5.41, 5.74) is 3.59. The molecule has 0 fully saturated rings. The van der Waals surface area contributed by atoms with Gasteiger partial charge in [0.15, 0.2) is 5.78 Å². The molecular formula is C20H20ClNO3. The van der Waals surface area contributed by atoms with E-state index in [1.165, 1.54) is 0 Å². The van der Waals surface area contributed by atoms with Gasteiger partial charge in [-0.3, -0.25) is 4.79 Å². The van der Waals surface area contributed by atoms with Gasteiger partial charge in [0, 0.05) is 22.7 Å². The molecule has 1 heterocycles. The number of ether oxygens (including phenoxy) is 1. The van der Waals surface area contributed by atoms with E-state index < -0.39 is 5.97 Å². The Balaban J connectivity index is 1.86. The third kappa shape index (κ3) is 3.54. The lowest BCUT2D eigenvalue weighted by Crippen LogP contribution is -2.18. The zero-order chi connectivity index (χ0) is 18.0. The Kier molecular flexibility index (Phi) is 5.09. The lowest BCUT2D eigenvalue weighted by molar-refractivity contribution is 0.0542. The van der Waals surface area contributed by atoms with Crippen LogP contribution in [0.5, 0.6) is 0 Å². The van der Waals surface area contributed by atoms with Crippen molar-refractivity contribution in [2.75, 3.05) is 6.61 Å². The molecule has 0 radical (unpaired) electrons. The fraction of sp³-hybridized carbons (Fsp3) is 0.300. The minimum Gasteiger partial charge on any atom is -0.457 e. The fourth-order valence-corrected chi connectivity index (χ4v) is 3.43. The molecule has 1 aliphatic rings. The van der Waals surface area contributed by atoms with Crippen LogP contribution in [0.15, 0.2) is 36.4 Å². The Bertz CT molecular complexity index is 833. The zero-order valence-electron chi connectivity index (χ0n) is 14.3. The molecule has 4 nitrogen and oxygen atoms in total. The highest BCUT2D eigenvalue weighted by Gasteiger charge is 2.32. The molecule has 3 rings (SSSR count). The van der Waals surface area contributed by atoms with Gasteiger partial charge in [-0.2, -0.15) is 0 Å². The van der Waals surface area contributed by atoms with Crippen molar-refractivity contribution in [3.63, 3.8) is 0 Å². The standard InChI is InChI=1S/C20H20ClNO3/c1-3-4-9-25-20(24)19-12(2)18-16(22-19)10-14(11-17(18)23)13-5-7-15(21)8-6-13/h3-8,14,22H,9-11H2,1-2H3/b4-3+/t14-/m0/s1. The van der Waals surface area contributed by atoms with E-state index in [0.717, 1.165) is 11.3 Å². The van der Waals surface area contributed by atoms with Gasteiger partial charge in [-0.15, -0.1) is 0 Å². The van der Waals surface area contributed by atoms with Crippen LogP contribution in [0.4, 0.5) is 0 Å². The number of esters is 1. The maximum absolute atomic E-state index is 12.6. The van der Waals surface area contributed by atoms with E-state index in [1.807, 2.05) is 37.3 Å². The summed E-state index contributed by atoms with van der Waals surface area (Å²) in [4.78, 5) is 28.0. The molecule has 25 heavy (non-hydrogen) atoms. The number of aromatic amines is 1. The molecule has 0 aliphatic heterocycles. The Morgan fingerprint density at radius 2 is 2.04 bits per heavy atom. The molecule has 5 heteroatoms. The molecule has 0 saturated carbocycles. The third-order valence-electron chi connectivity index (χ3n) is 4.58. The van der Waals surface area contributed by atoms with Gasteiger partial charge in [-0.1, -0.05) is 35.9 Å². The molecule has 2 aromatic rings. The number of allylic oxidation sites excluding steroid dienone is 1. The normalized spacial score (nSPS) is 16.9. The molecule has 1 aromatic carbocycles. The van der Waals surface area contributed by atoms with Crippen LogP contribution in [0.1, 0.15) is 56.9 Å². The average molecular weight is 358 g/mol. The van der Waals surface area contributed by atoms with Crippen molar-refractivity contribution in [3.8, 4) is 0 Å². The van der Waals surface area contributed by atoms with Crippen LogP contribution < -0.4 is 0 Å². The van der Waals surface area contributed by atoms with E-state index >= 15 is 0 Å². The Hall–Kier alpha value is -2.33. The fourth-order valence-electron chi connectivity index (χ4n) is 3.30. The first kappa shape index (κ1) is 17.5. The molecule has 0 saturated heterocycles. The number of benzene rings is 1. The highest BCUT2D eigenvalue weighted by molar-refractivity contribution is 6.30. The molecular weight excluding hydrogens is 338 g/mol. The number of rotatable bonds is 4. The Morgan fingerprint density at radius 3 is 2.72 bits per heavy atom. The summed E-state index contributed by atoms with van der Waals surface area (Å²) in [5, 5.41) is 0.674. The first-order valence-electron chi connectivity index (χ1n) is 8.29. The highest BCUT2D eigenvalue weighted by Crippen LogP contribution is 2.35. The third-order valence-corrected chi connectivity index (χ3v) is 4.83. The second kappa shape index (κ2) is 7.28. The number of carbonyl (C=O) groups is 2. The SMILES string of the molecule is C/C=C/COC(=O)c1[nH]c2c(c1C)C(=O)C[C@@H](c1ccc(Cl)cc1)C2. The molecule has 0 bridgehead atoms. The van der Waals surface area contributed by atoms with Crippen LogP contribution in [-0.2, 0) is 11.2 Å². The first-order chi connectivity index (χ1) is 12.0. The summed E-state index contributed by atoms with van der Waals surface area (Å²) < 4.78 is 5.20. The predicted molar refractivity (Wildman–Crippen MR) is 97.5 cm³/mol. The molecule has 1 atom stereocenters. The number of hydrogen-bond acceptors (Lipinski definition) is 3. The number of Topliss-reactive ketones (excluding diaryl/α,β-unsaturated/α-hetero) is 1. The monoisotopic (exact) mass is 357 g/mol. The van der Waals surface area contributed by atoms with Gasteiger partial charge >= 0.3 is 5.97 Å². The zero-order valence-corrected chi connectivity index (χ0v) is 15.0. The van der Waals surface area contributed by atoms with Gasteiger partial charge in [0.25, 0.3) is 0 Å². The van der Waals surface area contributed by atoms with Crippen LogP contribution in [0, 0.1) is 6.92 Å². The minimum absolute atomic E-state index is 0.0578. The van der Waals surface area contributed by atoms with Crippen molar-refractivity contribution in [2.45, 2.75) is 32.6 Å². The number of carbonyl (C=O) groups excluding carboxylic acids is 2. The van der Waals surface area contributed by atoms with E-state index in [-0.39, 0.29) is 18.3 Å². The quantitative estimate of drug-likeness (QED) is 0.641. The molecule has 1 aromatic heterocycles. The number of ketones is 1. The number of nitrogens with one attached hydrogen (secondary N) is 1. The summed E-state index contributed by atoms with van der Waals surface area (Å²) in [7, 11) is 0. The van der Waals surface area contributed by atoms with Crippen molar-refractivity contribution in [1.29, 1.82) is 0 Å². The Labute approximate surface area is 151 Å². The summed E-state index contributed by atoms with van der Waals surface area (Å²) in [6.07, 6.45) is 4.70. The summed E-state index contributed by atoms with van der Waals surface area (Å²) >= 11 is 5.94. The molecule has 1 N–H and O–H groups in total. The largest absolute Gasteiger partial charge is 0.457 e. The Morgan fingerprint density at radius 1 is 1.32 bits per heavy atom. The topological polar surface area (TPSA) is 59.2 Å². The van der Waals surface area contributed by atoms with Crippen LogP contribution in [0.25, 0.3) is 0 Å². The molecule has 1 aliphatic carbocycles. The van der Waals surface area contributed by atoms with Crippen LogP contribution in [-0.4, -0.2) is 23.3 Å². The molecule has 0 spiro atoms. The van der Waals surface area contributed by atoms with Crippen LogP contribution in [0.2, 0.25) is 5.02 Å². The lowest BCUT2D eigenvalue weighted by Gasteiger charge is -2.22. The van der Waals surface area contributed by atoms with E-state index in [4.69, 9.17) is 16.3 Å². The summed E-state index contributed by atoms with van der Waals surface area (Å²) in [6.45, 7) is 3.88. The van der Waals surface area contributed by atoms with Crippen molar-refractivity contribution in [2.24, 2.45) is 0 Å². The van der Waals surface area contributed by atoms with Gasteiger partial charge in [0.2, 0.25) is 0 Å². The van der Waals surface area contributed by atoms with Gasteiger partial charge in [0.05, 0.1) is 0 Å². The van der Waals surface area contributed by atoms with E-state index in [2.05, 4.69) is 4.98 Å². The smallest absolute Gasteiger partial charge is 0.355 e. The van der Waals surface area contributed by atoms with E-state index in [0.29, 0.717) is 34.7 Å². The van der Waals surface area contributed by atoms with Crippen LogP contribution in [0.3, 0.4) is 0 Å². The average Bonchev–Trinajstić information content (AvgIpc) is 2.93. The lowest BCUT2D eigenvalue weighted by atomic mass is 9.81. The van der Waals surface area contributed by atoms with Gasteiger partial charge in [0.1, 0.15) is 12.3 Å². The predicted octanol–water partition coefficient (Wildman–Crippen LogP) is 4.62. The van der Waals surface area contributed by atoms with Crippen molar-refractivity contribution < 1.29 is 14.3 Å². The van der Waals surface area contributed by atoms with Crippen molar-refractivity contribution in [1.82, 2.24) is 4.98 Å². The number of halogens is 1. The second-order valence-corrected chi connectivity index (χ2v) is 6.66. The maximum atomic E-state index is 12.6. The molecule has 0 unspecified atom stereocenters. The van der Waals surface area contributed by atoms with Crippen molar-refractivity contribution >= 4 is 23.4 Å². The summed E-state index contributed by atoms with van der Waals surface area (Å²) in [6, 6.07) is 7.57. The maximum Gasteiger partial charge on any atom is 0.355 e. The molecule has 0 amide bonds. The highest BCUT2D eigenvalue weighted by atomic mass is 35.5. The van der Waals surface area contributed by atoms with E-state index in [9.17, 15) is 9.59 Å². The molecule has 130 valence electrons. The van der Waals surface area contributed by atoms with E-state index in [1.54, 1.807) is 13.0 Å². The van der Waals surface area contributed by atoms with Gasteiger partial charge in [-0.05, 0) is 49.4 Å². The first-order valence-corrected chi connectivity index (χ1v) is 8.67. The second-order valence-electron chi connectivity index (χ2n) is 6.23.